The quantitative estimate of drug-likeness (QED) is 0.477. The van der Waals surface area contributed by atoms with Crippen LogP contribution in [0.25, 0.3) is 0 Å². The van der Waals surface area contributed by atoms with Crippen molar-refractivity contribution in [2.75, 3.05) is 19.0 Å². The van der Waals surface area contributed by atoms with Crippen LogP contribution < -0.4 is 15.8 Å². The second-order valence-electron chi connectivity index (χ2n) is 2.61. The van der Waals surface area contributed by atoms with Gasteiger partial charge in [0.15, 0.2) is 0 Å². The molecule has 0 aliphatic heterocycles. The lowest BCUT2D eigenvalue weighted by Gasteiger charge is -2.05. The van der Waals surface area contributed by atoms with E-state index in [4.69, 9.17) is 15.9 Å². The molecule has 0 heterocycles. The molecule has 0 fully saturated rings. The Kier molecular flexibility index (Phi) is 3.14. The molecule has 0 spiro atoms. The second kappa shape index (κ2) is 4.35. The Morgan fingerprint density at radius 1 is 1.46 bits per heavy atom. The van der Waals surface area contributed by atoms with Crippen molar-refractivity contribution in [3.63, 3.8) is 0 Å². The SMILES string of the molecule is COc1ccc(NCC(=N)N)cc1. The van der Waals surface area contributed by atoms with Crippen LogP contribution in [0.5, 0.6) is 5.75 Å². The Morgan fingerprint density at radius 3 is 2.54 bits per heavy atom. The summed E-state index contributed by atoms with van der Waals surface area (Å²) in [4.78, 5) is 0. The molecule has 0 atom stereocenters. The van der Waals surface area contributed by atoms with Crippen molar-refractivity contribution in [3.8, 4) is 5.75 Å². The highest BCUT2D eigenvalue weighted by Crippen LogP contribution is 2.14. The van der Waals surface area contributed by atoms with E-state index in [1.54, 1.807) is 7.11 Å². The van der Waals surface area contributed by atoms with Crippen molar-refractivity contribution in [2.45, 2.75) is 0 Å². The number of ether oxygens (including phenoxy) is 1. The summed E-state index contributed by atoms with van der Waals surface area (Å²) in [7, 11) is 1.62. The van der Waals surface area contributed by atoms with Crippen LogP contribution in [-0.4, -0.2) is 19.5 Å². The molecular formula is C9H13N3O. The van der Waals surface area contributed by atoms with Gasteiger partial charge in [-0.15, -0.1) is 0 Å². The molecule has 1 aromatic rings. The molecule has 4 N–H and O–H groups in total. The minimum absolute atomic E-state index is 0.121. The number of methoxy groups -OCH3 is 1. The first kappa shape index (κ1) is 9.38. The van der Waals surface area contributed by atoms with Gasteiger partial charge in [0, 0.05) is 5.69 Å². The Bertz CT molecular complexity index is 281. The molecule has 4 nitrogen and oxygen atoms in total. The maximum atomic E-state index is 7.01. The van der Waals surface area contributed by atoms with E-state index < -0.39 is 0 Å². The van der Waals surface area contributed by atoms with Crippen LogP contribution in [0.4, 0.5) is 5.69 Å². The molecule has 0 aromatic heterocycles. The van der Waals surface area contributed by atoms with E-state index in [0.29, 0.717) is 6.54 Å². The third-order valence-corrected chi connectivity index (χ3v) is 1.57. The van der Waals surface area contributed by atoms with Gasteiger partial charge in [-0.2, -0.15) is 0 Å². The Balaban J connectivity index is 2.54. The van der Waals surface area contributed by atoms with E-state index in [2.05, 4.69) is 5.32 Å². The summed E-state index contributed by atoms with van der Waals surface area (Å²) in [6.07, 6.45) is 0. The van der Waals surface area contributed by atoms with Crippen LogP contribution in [-0.2, 0) is 0 Å². The van der Waals surface area contributed by atoms with Crippen LogP contribution in [0.2, 0.25) is 0 Å². The molecule has 0 saturated heterocycles. The predicted molar refractivity (Wildman–Crippen MR) is 53.4 cm³/mol. The maximum Gasteiger partial charge on any atom is 0.119 e. The van der Waals surface area contributed by atoms with Crippen molar-refractivity contribution in [3.05, 3.63) is 24.3 Å². The first-order valence-corrected chi connectivity index (χ1v) is 3.93. The normalized spacial score (nSPS) is 9.31. The maximum absolute atomic E-state index is 7.01. The number of anilines is 1. The average Bonchev–Trinajstić information content (AvgIpc) is 2.15. The van der Waals surface area contributed by atoms with E-state index in [1.807, 2.05) is 24.3 Å². The Hall–Kier alpha value is -1.71. The molecule has 0 bridgehead atoms. The Morgan fingerprint density at radius 2 is 2.08 bits per heavy atom. The number of hydrogen-bond donors (Lipinski definition) is 3. The van der Waals surface area contributed by atoms with Crippen molar-refractivity contribution in [1.29, 1.82) is 5.41 Å². The lowest BCUT2D eigenvalue weighted by Crippen LogP contribution is -2.20. The topological polar surface area (TPSA) is 71.1 Å². The summed E-state index contributed by atoms with van der Waals surface area (Å²) in [6, 6.07) is 7.45. The first-order chi connectivity index (χ1) is 6.22. The minimum atomic E-state index is 0.121. The molecule has 0 saturated carbocycles. The third kappa shape index (κ3) is 3.02. The number of rotatable bonds is 4. The lowest BCUT2D eigenvalue weighted by atomic mass is 10.3. The minimum Gasteiger partial charge on any atom is -0.497 e. The molecule has 13 heavy (non-hydrogen) atoms. The number of nitrogens with one attached hydrogen (secondary N) is 2. The zero-order valence-corrected chi connectivity index (χ0v) is 7.50. The van der Waals surface area contributed by atoms with Gasteiger partial charge in [-0.1, -0.05) is 0 Å². The highest BCUT2D eigenvalue weighted by Gasteiger charge is 1.93. The van der Waals surface area contributed by atoms with Crippen molar-refractivity contribution < 1.29 is 4.74 Å². The standard InChI is InChI=1S/C9H13N3O/c1-13-8-4-2-7(3-5-8)12-6-9(10)11/h2-5,12H,6H2,1H3,(H3,10,11). The third-order valence-electron chi connectivity index (χ3n) is 1.57. The predicted octanol–water partition coefficient (Wildman–Crippen LogP) is 1.04. The van der Waals surface area contributed by atoms with Crippen LogP contribution in [0.1, 0.15) is 0 Å². The summed E-state index contributed by atoms with van der Waals surface area (Å²) < 4.78 is 5.00. The summed E-state index contributed by atoms with van der Waals surface area (Å²) in [5.41, 5.74) is 6.12. The monoisotopic (exact) mass is 179 g/mol. The summed E-state index contributed by atoms with van der Waals surface area (Å²) in [5, 5.41) is 10.0. The molecule has 1 rings (SSSR count). The molecule has 70 valence electrons. The summed E-state index contributed by atoms with van der Waals surface area (Å²) in [5.74, 6) is 0.934. The highest BCUT2D eigenvalue weighted by molar-refractivity contribution is 5.81. The largest absolute Gasteiger partial charge is 0.497 e. The van der Waals surface area contributed by atoms with E-state index in [0.717, 1.165) is 11.4 Å². The zero-order valence-electron chi connectivity index (χ0n) is 7.50. The van der Waals surface area contributed by atoms with Gasteiger partial charge in [-0.3, -0.25) is 5.41 Å². The fourth-order valence-electron chi connectivity index (χ4n) is 0.906. The van der Waals surface area contributed by atoms with Gasteiger partial charge in [0.05, 0.1) is 13.7 Å². The number of hydrogen-bond acceptors (Lipinski definition) is 3. The zero-order chi connectivity index (χ0) is 9.68. The van der Waals surface area contributed by atoms with E-state index in [-0.39, 0.29) is 5.84 Å². The van der Waals surface area contributed by atoms with Crippen molar-refractivity contribution >= 4 is 11.5 Å². The van der Waals surface area contributed by atoms with Gasteiger partial charge in [-0.05, 0) is 24.3 Å². The van der Waals surface area contributed by atoms with E-state index in [9.17, 15) is 0 Å². The van der Waals surface area contributed by atoms with Crippen molar-refractivity contribution in [2.24, 2.45) is 5.73 Å². The van der Waals surface area contributed by atoms with E-state index >= 15 is 0 Å². The highest BCUT2D eigenvalue weighted by atomic mass is 16.5. The fraction of sp³-hybridized carbons (Fsp3) is 0.222. The fourth-order valence-corrected chi connectivity index (χ4v) is 0.906. The van der Waals surface area contributed by atoms with E-state index in [1.165, 1.54) is 0 Å². The van der Waals surface area contributed by atoms with Gasteiger partial charge < -0.3 is 15.8 Å². The smallest absolute Gasteiger partial charge is 0.119 e. The van der Waals surface area contributed by atoms with Crippen LogP contribution in [0, 0.1) is 5.41 Å². The number of amidine groups is 1. The van der Waals surface area contributed by atoms with Gasteiger partial charge in [0.1, 0.15) is 11.6 Å². The molecule has 0 radical (unpaired) electrons. The molecule has 0 amide bonds. The van der Waals surface area contributed by atoms with Gasteiger partial charge in [0.2, 0.25) is 0 Å². The van der Waals surface area contributed by atoms with Crippen LogP contribution in [0.3, 0.4) is 0 Å². The second-order valence-corrected chi connectivity index (χ2v) is 2.61. The first-order valence-electron chi connectivity index (χ1n) is 3.93. The van der Waals surface area contributed by atoms with Crippen molar-refractivity contribution in [1.82, 2.24) is 0 Å². The number of nitrogens with two attached hydrogens (primary N) is 1. The molecule has 1 aromatic carbocycles. The molecule has 4 heteroatoms. The molecule has 0 aliphatic rings. The molecule has 0 aliphatic carbocycles. The average molecular weight is 179 g/mol. The molecule has 0 unspecified atom stereocenters. The van der Waals surface area contributed by atoms with Crippen LogP contribution in [0.15, 0.2) is 24.3 Å². The summed E-state index contributed by atoms with van der Waals surface area (Å²) >= 11 is 0. The number of benzene rings is 1. The Labute approximate surface area is 77.2 Å². The van der Waals surface area contributed by atoms with Crippen LogP contribution >= 0.6 is 0 Å². The van der Waals surface area contributed by atoms with Gasteiger partial charge in [-0.25, -0.2) is 0 Å². The molecular weight excluding hydrogens is 166 g/mol. The van der Waals surface area contributed by atoms with Gasteiger partial charge in [0.25, 0.3) is 0 Å². The lowest BCUT2D eigenvalue weighted by molar-refractivity contribution is 0.415. The summed E-state index contributed by atoms with van der Waals surface area (Å²) in [6.45, 7) is 0.367. The van der Waals surface area contributed by atoms with Gasteiger partial charge >= 0.3 is 0 Å².